The van der Waals surface area contributed by atoms with Crippen molar-refractivity contribution >= 4 is 17.4 Å². The summed E-state index contributed by atoms with van der Waals surface area (Å²) in [5.41, 5.74) is 2.12. The highest BCUT2D eigenvalue weighted by molar-refractivity contribution is 6.33. The van der Waals surface area contributed by atoms with Crippen LogP contribution in [0, 0.1) is 0 Å². The number of nitrogen functional groups attached to an aromatic ring is 1. The van der Waals surface area contributed by atoms with Crippen molar-refractivity contribution in [2.24, 2.45) is 0 Å². The predicted octanol–water partition coefficient (Wildman–Crippen LogP) is 3.27. The highest BCUT2D eigenvalue weighted by Crippen LogP contribution is 2.40. The lowest BCUT2D eigenvalue weighted by Gasteiger charge is -2.13. The van der Waals surface area contributed by atoms with Crippen LogP contribution in [-0.4, -0.2) is 4.98 Å². The maximum Gasteiger partial charge on any atom is 0.418 e. The molecule has 0 bridgehead atoms. The molecule has 1 aromatic rings. The number of alkyl halides is 5. The SMILES string of the molecule is Nc1ncc(C(F)(F)F)c(C(F)F)c1Cl. The van der Waals surface area contributed by atoms with Crippen LogP contribution in [0.25, 0.3) is 0 Å². The summed E-state index contributed by atoms with van der Waals surface area (Å²) in [5.74, 6) is -0.556. The number of halogens is 6. The van der Waals surface area contributed by atoms with Gasteiger partial charge in [0.1, 0.15) is 5.82 Å². The van der Waals surface area contributed by atoms with E-state index in [1.165, 1.54) is 0 Å². The number of anilines is 1. The zero-order valence-corrected chi connectivity index (χ0v) is 7.70. The Bertz CT molecular complexity index is 376. The second-order valence-corrected chi connectivity index (χ2v) is 2.96. The quantitative estimate of drug-likeness (QED) is 0.773. The van der Waals surface area contributed by atoms with Crippen molar-refractivity contribution in [2.45, 2.75) is 12.6 Å². The van der Waals surface area contributed by atoms with E-state index in [4.69, 9.17) is 17.3 Å². The molecule has 0 aliphatic carbocycles. The van der Waals surface area contributed by atoms with Gasteiger partial charge in [-0.1, -0.05) is 11.6 Å². The van der Waals surface area contributed by atoms with Gasteiger partial charge < -0.3 is 5.73 Å². The molecule has 2 N–H and O–H groups in total. The van der Waals surface area contributed by atoms with Gasteiger partial charge in [-0.25, -0.2) is 13.8 Å². The lowest BCUT2D eigenvalue weighted by atomic mass is 10.1. The smallest absolute Gasteiger partial charge is 0.382 e. The number of aromatic nitrogens is 1. The van der Waals surface area contributed by atoms with Crippen molar-refractivity contribution in [3.63, 3.8) is 0 Å². The number of nitrogens with zero attached hydrogens (tertiary/aromatic N) is 1. The van der Waals surface area contributed by atoms with Crippen molar-refractivity contribution in [2.75, 3.05) is 5.73 Å². The van der Waals surface area contributed by atoms with Crippen LogP contribution < -0.4 is 5.73 Å². The summed E-state index contributed by atoms with van der Waals surface area (Å²) >= 11 is 5.23. The van der Waals surface area contributed by atoms with Crippen LogP contribution in [0.1, 0.15) is 17.6 Å². The zero-order chi connectivity index (χ0) is 11.8. The summed E-state index contributed by atoms with van der Waals surface area (Å²) < 4.78 is 61.4. The van der Waals surface area contributed by atoms with Gasteiger partial charge in [0.05, 0.1) is 16.1 Å². The Morgan fingerprint density at radius 3 is 2.27 bits per heavy atom. The third kappa shape index (κ3) is 2.28. The number of pyridine rings is 1. The van der Waals surface area contributed by atoms with E-state index in [2.05, 4.69) is 4.98 Å². The molecule has 0 aromatic carbocycles. The van der Waals surface area contributed by atoms with E-state index >= 15 is 0 Å². The van der Waals surface area contributed by atoms with Gasteiger partial charge in [0.15, 0.2) is 0 Å². The minimum atomic E-state index is -4.93. The molecule has 15 heavy (non-hydrogen) atoms. The predicted molar refractivity (Wildman–Crippen MR) is 43.6 cm³/mol. The van der Waals surface area contributed by atoms with Gasteiger partial charge in [0.25, 0.3) is 6.43 Å². The van der Waals surface area contributed by atoms with Gasteiger partial charge in [-0.15, -0.1) is 0 Å². The third-order valence-electron chi connectivity index (χ3n) is 1.61. The van der Waals surface area contributed by atoms with Crippen LogP contribution in [0.2, 0.25) is 5.02 Å². The molecule has 1 aromatic heterocycles. The van der Waals surface area contributed by atoms with Crippen LogP contribution >= 0.6 is 11.6 Å². The third-order valence-corrected chi connectivity index (χ3v) is 2.01. The molecule has 1 heterocycles. The Kier molecular flexibility index (Phi) is 3.03. The van der Waals surface area contributed by atoms with E-state index in [-0.39, 0.29) is 6.20 Å². The van der Waals surface area contributed by atoms with E-state index in [9.17, 15) is 22.0 Å². The molecule has 0 spiro atoms. The Morgan fingerprint density at radius 1 is 1.33 bits per heavy atom. The maximum absolute atomic E-state index is 12.3. The van der Waals surface area contributed by atoms with E-state index in [0.29, 0.717) is 0 Å². The Morgan fingerprint density at radius 2 is 1.87 bits per heavy atom. The highest BCUT2D eigenvalue weighted by Gasteiger charge is 2.38. The molecule has 0 radical (unpaired) electrons. The maximum atomic E-state index is 12.3. The van der Waals surface area contributed by atoms with Crippen LogP contribution in [0.4, 0.5) is 27.8 Å². The number of rotatable bonds is 1. The summed E-state index contributed by atoms with van der Waals surface area (Å²) in [6.45, 7) is 0. The Hall–Kier alpha value is -1.11. The van der Waals surface area contributed by atoms with Crippen LogP contribution in [0.5, 0.6) is 0 Å². The fourth-order valence-electron chi connectivity index (χ4n) is 0.956. The molecule has 0 atom stereocenters. The van der Waals surface area contributed by atoms with Gasteiger partial charge in [-0.3, -0.25) is 0 Å². The van der Waals surface area contributed by atoms with Gasteiger partial charge in [-0.2, -0.15) is 13.2 Å². The molecule has 84 valence electrons. The summed E-state index contributed by atoms with van der Waals surface area (Å²) in [7, 11) is 0. The molecule has 0 saturated heterocycles. The average molecular weight is 247 g/mol. The zero-order valence-electron chi connectivity index (χ0n) is 6.95. The fourth-order valence-corrected chi connectivity index (χ4v) is 1.19. The highest BCUT2D eigenvalue weighted by atomic mass is 35.5. The van der Waals surface area contributed by atoms with E-state index in [0.717, 1.165) is 0 Å². The van der Waals surface area contributed by atoms with Gasteiger partial charge in [0, 0.05) is 6.20 Å². The molecule has 0 aliphatic rings. The number of hydrogen-bond acceptors (Lipinski definition) is 2. The minimum absolute atomic E-state index is 0.239. The largest absolute Gasteiger partial charge is 0.418 e. The molecule has 1 rings (SSSR count). The molecule has 0 fully saturated rings. The fraction of sp³-hybridized carbons (Fsp3) is 0.286. The van der Waals surface area contributed by atoms with Crippen molar-refractivity contribution in [1.82, 2.24) is 4.98 Å². The summed E-state index contributed by atoms with van der Waals surface area (Å²) in [6, 6.07) is 0. The molecule has 0 aliphatic heterocycles. The van der Waals surface area contributed by atoms with Gasteiger partial charge in [0.2, 0.25) is 0 Å². The molecule has 0 saturated carbocycles. The summed E-state index contributed by atoms with van der Waals surface area (Å²) in [4.78, 5) is 3.08. The minimum Gasteiger partial charge on any atom is -0.382 e. The van der Waals surface area contributed by atoms with Crippen LogP contribution in [0.3, 0.4) is 0 Å². The standard InChI is InChI=1S/C7H4ClF5N2/c8-4-3(5(9)10)2(7(11,12)13)1-15-6(4)14/h1,5H,(H2,14,15). The Labute approximate surface area is 85.9 Å². The van der Waals surface area contributed by atoms with Crippen molar-refractivity contribution in [1.29, 1.82) is 0 Å². The first kappa shape index (κ1) is 12.0. The van der Waals surface area contributed by atoms with Gasteiger partial charge >= 0.3 is 6.18 Å². The lowest BCUT2D eigenvalue weighted by molar-refractivity contribution is -0.139. The van der Waals surface area contributed by atoms with E-state index in [1.807, 2.05) is 0 Å². The summed E-state index contributed by atoms with van der Waals surface area (Å²) in [5, 5.41) is -0.861. The van der Waals surface area contributed by atoms with Crippen molar-refractivity contribution in [3.05, 3.63) is 22.3 Å². The topological polar surface area (TPSA) is 38.9 Å². The second-order valence-electron chi connectivity index (χ2n) is 2.58. The number of nitrogens with two attached hydrogens (primary N) is 1. The number of hydrogen-bond donors (Lipinski definition) is 1. The monoisotopic (exact) mass is 246 g/mol. The molecule has 0 unspecified atom stereocenters. The molecular weight excluding hydrogens is 243 g/mol. The van der Waals surface area contributed by atoms with Gasteiger partial charge in [-0.05, 0) is 0 Å². The molecule has 8 heteroatoms. The molecule has 0 amide bonds. The first-order chi connectivity index (χ1) is 6.75. The normalized spacial score (nSPS) is 12.2. The van der Waals surface area contributed by atoms with Crippen molar-refractivity contribution < 1.29 is 22.0 Å². The van der Waals surface area contributed by atoms with Crippen molar-refractivity contribution in [3.8, 4) is 0 Å². The first-order valence-electron chi connectivity index (χ1n) is 3.54. The summed E-state index contributed by atoms with van der Waals surface area (Å²) in [6.07, 6.45) is -8.06. The Balaban J connectivity index is 3.47. The second kappa shape index (κ2) is 3.80. The molecule has 2 nitrogen and oxygen atoms in total. The van der Waals surface area contributed by atoms with E-state index < -0.39 is 34.6 Å². The molecular formula is C7H4ClF5N2. The first-order valence-corrected chi connectivity index (χ1v) is 3.92. The van der Waals surface area contributed by atoms with E-state index in [1.54, 1.807) is 0 Å². The lowest BCUT2D eigenvalue weighted by Crippen LogP contribution is -2.12. The van der Waals surface area contributed by atoms with Crippen LogP contribution in [-0.2, 0) is 6.18 Å². The average Bonchev–Trinajstić information content (AvgIpc) is 2.06. The van der Waals surface area contributed by atoms with Crippen LogP contribution in [0.15, 0.2) is 6.20 Å².